The van der Waals surface area contributed by atoms with Crippen molar-refractivity contribution >= 4 is 18.1 Å². The number of aldehydes is 1. The maximum atomic E-state index is 12.4. The molecule has 0 saturated carbocycles. The summed E-state index contributed by atoms with van der Waals surface area (Å²) in [5, 5.41) is 14.2. The molecule has 0 fully saturated rings. The Labute approximate surface area is 138 Å². The fourth-order valence-electron chi connectivity index (χ4n) is 2.10. The standard InChI is InChI=1S/C16H31N3O4/c1-5-11(4)7-14(19-15(22)13(17)9-21)16(23)18-12(8-20)6-10(2)3/h8,10-14,21H,5-7,9,17H2,1-4H3,(H,18,23)(H,19,22). The van der Waals surface area contributed by atoms with E-state index in [4.69, 9.17) is 10.8 Å². The zero-order chi connectivity index (χ0) is 18.0. The highest BCUT2D eigenvalue weighted by atomic mass is 16.3. The average Bonchev–Trinajstić information content (AvgIpc) is 2.51. The monoisotopic (exact) mass is 329 g/mol. The van der Waals surface area contributed by atoms with E-state index in [1.165, 1.54) is 0 Å². The molecule has 7 heteroatoms. The summed E-state index contributed by atoms with van der Waals surface area (Å²) in [4.78, 5) is 35.3. The third-order valence-corrected chi connectivity index (χ3v) is 3.72. The molecule has 0 rings (SSSR count). The van der Waals surface area contributed by atoms with Crippen LogP contribution in [0.15, 0.2) is 0 Å². The van der Waals surface area contributed by atoms with Crippen molar-refractivity contribution < 1.29 is 19.5 Å². The number of hydrogen-bond donors (Lipinski definition) is 4. The molecule has 0 aliphatic carbocycles. The number of aliphatic hydroxyl groups excluding tert-OH is 1. The van der Waals surface area contributed by atoms with Gasteiger partial charge in [0, 0.05) is 0 Å². The lowest BCUT2D eigenvalue weighted by atomic mass is 9.97. The normalized spacial score (nSPS) is 16.3. The Morgan fingerprint density at radius 3 is 2.17 bits per heavy atom. The van der Waals surface area contributed by atoms with Crippen molar-refractivity contribution in [1.29, 1.82) is 0 Å². The third kappa shape index (κ3) is 8.66. The molecule has 0 spiro atoms. The summed E-state index contributed by atoms with van der Waals surface area (Å²) in [6, 6.07) is -2.42. The first-order valence-corrected chi connectivity index (χ1v) is 8.17. The number of nitrogens with two attached hydrogens (primary N) is 1. The quantitative estimate of drug-likeness (QED) is 0.396. The first-order valence-electron chi connectivity index (χ1n) is 8.17. The number of carbonyl (C=O) groups is 3. The van der Waals surface area contributed by atoms with Gasteiger partial charge in [-0.05, 0) is 24.7 Å². The van der Waals surface area contributed by atoms with Gasteiger partial charge in [0.05, 0.1) is 12.6 Å². The number of nitrogens with one attached hydrogen (secondary N) is 2. The topological polar surface area (TPSA) is 122 Å². The van der Waals surface area contributed by atoms with Gasteiger partial charge in [0.25, 0.3) is 0 Å². The Morgan fingerprint density at radius 1 is 1.13 bits per heavy atom. The highest BCUT2D eigenvalue weighted by Crippen LogP contribution is 2.11. The van der Waals surface area contributed by atoms with E-state index in [2.05, 4.69) is 10.6 Å². The van der Waals surface area contributed by atoms with Gasteiger partial charge in [-0.25, -0.2) is 0 Å². The van der Waals surface area contributed by atoms with Crippen molar-refractivity contribution in [1.82, 2.24) is 10.6 Å². The largest absolute Gasteiger partial charge is 0.394 e. The van der Waals surface area contributed by atoms with Crippen molar-refractivity contribution in [3.63, 3.8) is 0 Å². The van der Waals surface area contributed by atoms with Gasteiger partial charge in [0.15, 0.2) is 0 Å². The van der Waals surface area contributed by atoms with Crippen LogP contribution in [0.1, 0.15) is 47.0 Å². The van der Waals surface area contributed by atoms with Crippen LogP contribution in [0, 0.1) is 11.8 Å². The van der Waals surface area contributed by atoms with E-state index in [9.17, 15) is 14.4 Å². The SMILES string of the molecule is CCC(C)CC(NC(=O)C(N)CO)C(=O)NC(C=O)CC(C)C. The van der Waals surface area contributed by atoms with Crippen molar-refractivity contribution in [3.05, 3.63) is 0 Å². The summed E-state index contributed by atoms with van der Waals surface area (Å²) >= 11 is 0. The molecular weight excluding hydrogens is 298 g/mol. The third-order valence-electron chi connectivity index (χ3n) is 3.72. The minimum absolute atomic E-state index is 0.219. The minimum atomic E-state index is -1.07. The van der Waals surface area contributed by atoms with Gasteiger partial charge >= 0.3 is 0 Å². The highest BCUT2D eigenvalue weighted by molar-refractivity contribution is 5.90. The first kappa shape index (κ1) is 21.5. The van der Waals surface area contributed by atoms with Crippen LogP contribution in [0.4, 0.5) is 0 Å². The average molecular weight is 329 g/mol. The highest BCUT2D eigenvalue weighted by Gasteiger charge is 2.26. The number of aliphatic hydroxyl groups is 1. The summed E-state index contributed by atoms with van der Waals surface area (Å²) in [6.07, 6.45) is 2.54. The molecule has 0 saturated heterocycles. The van der Waals surface area contributed by atoms with Crippen LogP contribution in [0.3, 0.4) is 0 Å². The summed E-state index contributed by atoms with van der Waals surface area (Å²) in [6.45, 7) is 7.40. The molecule has 0 radical (unpaired) electrons. The van der Waals surface area contributed by atoms with E-state index in [0.717, 1.165) is 6.42 Å². The summed E-state index contributed by atoms with van der Waals surface area (Å²) in [5.41, 5.74) is 5.47. The zero-order valence-corrected chi connectivity index (χ0v) is 14.5. The van der Waals surface area contributed by atoms with Crippen LogP contribution >= 0.6 is 0 Å². The molecule has 0 aliphatic heterocycles. The Hall–Kier alpha value is -1.47. The predicted molar refractivity (Wildman–Crippen MR) is 88.5 cm³/mol. The number of rotatable bonds is 11. The van der Waals surface area contributed by atoms with Crippen molar-refractivity contribution in [2.24, 2.45) is 17.6 Å². The van der Waals surface area contributed by atoms with Crippen molar-refractivity contribution in [2.75, 3.05) is 6.61 Å². The smallest absolute Gasteiger partial charge is 0.243 e. The molecule has 0 aromatic rings. The lowest BCUT2D eigenvalue weighted by Gasteiger charge is -2.24. The summed E-state index contributed by atoms with van der Waals surface area (Å²) in [7, 11) is 0. The first-order chi connectivity index (χ1) is 10.7. The maximum absolute atomic E-state index is 12.4. The molecular formula is C16H31N3O4. The molecule has 0 aromatic heterocycles. The molecule has 4 atom stereocenters. The molecule has 134 valence electrons. The number of amides is 2. The van der Waals surface area contributed by atoms with Gasteiger partial charge in [-0.15, -0.1) is 0 Å². The Balaban J connectivity index is 4.92. The van der Waals surface area contributed by atoms with Crippen LogP contribution in [0.25, 0.3) is 0 Å². The lowest BCUT2D eigenvalue weighted by Crippen LogP contribution is -2.54. The fraction of sp³-hybridized carbons (Fsp3) is 0.812. The Morgan fingerprint density at radius 2 is 1.74 bits per heavy atom. The molecule has 0 aromatic carbocycles. The van der Waals surface area contributed by atoms with Crippen LogP contribution in [0.2, 0.25) is 0 Å². The van der Waals surface area contributed by atoms with Gasteiger partial charge in [0.1, 0.15) is 18.4 Å². The van der Waals surface area contributed by atoms with E-state index in [0.29, 0.717) is 19.1 Å². The van der Waals surface area contributed by atoms with Gasteiger partial charge in [-0.1, -0.05) is 34.1 Å². The van der Waals surface area contributed by atoms with Crippen LogP contribution < -0.4 is 16.4 Å². The second-order valence-corrected chi connectivity index (χ2v) is 6.48. The van der Waals surface area contributed by atoms with E-state index in [1.54, 1.807) is 0 Å². The maximum Gasteiger partial charge on any atom is 0.243 e. The van der Waals surface area contributed by atoms with Crippen LogP contribution in [-0.2, 0) is 14.4 Å². The molecule has 4 unspecified atom stereocenters. The molecule has 2 amide bonds. The van der Waals surface area contributed by atoms with Gasteiger partial charge < -0.3 is 26.3 Å². The van der Waals surface area contributed by atoms with Crippen LogP contribution in [-0.4, -0.2) is 47.9 Å². The predicted octanol–water partition coefficient (Wildman–Crippen LogP) is -0.0432. The second kappa shape index (κ2) is 11.1. The van der Waals surface area contributed by atoms with E-state index in [-0.39, 0.29) is 11.8 Å². The van der Waals surface area contributed by atoms with Gasteiger partial charge in [-0.3, -0.25) is 9.59 Å². The Kier molecular flexibility index (Phi) is 10.4. The number of hydrogen-bond acceptors (Lipinski definition) is 5. The molecule has 0 heterocycles. The fourth-order valence-corrected chi connectivity index (χ4v) is 2.10. The minimum Gasteiger partial charge on any atom is -0.394 e. The second-order valence-electron chi connectivity index (χ2n) is 6.48. The molecule has 0 bridgehead atoms. The molecule has 5 N–H and O–H groups in total. The van der Waals surface area contributed by atoms with E-state index in [1.807, 2.05) is 27.7 Å². The van der Waals surface area contributed by atoms with Crippen LogP contribution in [0.5, 0.6) is 0 Å². The lowest BCUT2D eigenvalue weighted by molar-refractivity contribution is -0.131. The van der Waals surface area contributed by atoms with Gasteiger partial charge in [0.2, 0.25) is 11.8 Å². The van der Waals surface area contributed by atoms with E-state index >= 15 is 0 Å². The van der Waals surface area contributed by atoms with E-state index < -0.39 is 36.5 Å². The van der Waals surface area contributed by atoms with Gasteiger partial charge in [-0.2, -0.15) is 0 Å². The Bertz CT molecular complexity index is 388. The number of carbonyl (C=O) groups excluding carboxylic acids is 3. The molecule has 7 nitrogen and oxygen atoms in total. The van der Waals surface area contributed by atoms with Crippen molar-refractivity contribution in [2.45, 2.75) is 65.1 Å². The molecule has 23 heavy (non-hydrogen) atoms. The molecule has 0 aliphatic rings. The summed E-state index contributed by atoms with van der Waals surface area (Å²) in [5.74, 6) is -0.504. The summed E-state index contributed by atoms with van der Waals surface area (Å²) < 4.78 is 0. The van der Waals surface area contributed by atoms with Crippen molar-refractivity contribution in [3.8, 4) is 0 Å². The zero-order valence-electron chi connectivity index (χ0n) is 14.5.